The van der Waals surface area contributed by atoms with E-state index in [1.54, 1.807) is 0 Å². The van der Waals surface area contributed by atoms with E-state index >= 15 is 0 Å². The molecule has 0 aliphatic carbocycles. The van der Waals surface area contributed by atoms with Crippen molar-refractivity contribution in [2.24, 2.45) is 0 Å². The summed E-state index contributed by atoms with van der Waals surface area (Å²) in [5.74, 6) is -0.622. The Morgan fingerprint density at radius 1 is 1.40 bits per heavy atom. The minimum absolute atomic E-state index is 0.365. The van der Waals surface area contributed by atoms with Gasteiger partial charge in [0.25, 0.3) is 0 Å². The second kappa shape index (κ2) is 5.35. The van der Waals surface area contributed by atoms with Crippen LogP contribution in [0.4, 0.5) is 5.69 Å². The molecule has 1 rings (SSSR count). The highest BCUT2D eigenvalue weighted by molar-refractivity contribution is 7.89. The normalized spacial score (nSPS) is 14.0. The molecular formula is C11H16N2O6S. The van der Waals surface area contributed by atoms with Crippen LogP contribution in [0.15, 0.2) is 23.1 Å². The van der Waals surface area contributed by atoms with Crippen molar-refractivity contribution >= 4 is 15.7 Å². The van der Waals surface area contributed by atoms with Crippen molar-refractivity contribution in [1.82, 2.24) is 4.72 Å². The maximum absolute atomic E-state index is 12.1. The van der Waals surface area contributed by atoms with Gasteiger partial charge in [0.15, 0.2) is 5.75 Å². The molecule has 1 unspecified atom stereocenters. The summed E-state index contributed by atoms with van der Waals surface area (Å²) in [4.78, 5) is 9.44. The predicted molar refractivity (Wildman–Crippen MR) is 70.8 cm³/mol. The fraction of sp³-hybridized carbons (Fsp3) is 0.455. The molecule has 1 atom stereocenters. The Labute approximate surface area is 116 Å². The highest BCUT2D eigenvalue weighted by atomic mass is 32.2. The Hall–Kier alpha value is -1.71. The van der Waals surface area contributed by atoms with E-state index < -0.39 is 38.0 Å². The lowest BCUT2D eigenvalue weighted by atomic mass is 10.0. The summed E-state index contributed by atoms with van der Waals surface area (Å²) < 4.78 is 26.5. The van der Waals surface area contributed by atoms with E-state index in [4.69, 9.17) is 0 Å². The Bertz CT molecular complexity index is 624. The van der Waals surface area contributed by atoms with Gasteiger partial charge in [-0.1, -0.05) is 0 Å². The highest BCUT2D eigenvalue weighted by Crippen LogP contribution is 2.28. The quantitative estimate of drug-likeness (QED) is 0.543. The fourth-order valence-corrected chi connectivity index (χ4v) is 2.80. The molecule has 0 aliphatic rings. The van der Waals surface area contributed by atoms with Crippen LogP contribution in [0.1, 0.15) is 20.8 Å². The van der Waals surface area contributed by atoms with Crippen LogP contribution in [0.2, 0.25) is 0 Å². The van der Waals surface area contributed by atoms with E-state index in [0.717, 1.165) is 18.2 Å². The van der Waals surface area contributed by atoms with E-state index in [1.807, 2.05) is 0 Å². The van der Waals surface area contributed by atoms with Gasteiger partial charge in [-0.05, 0) is 32.9 Å². The average Bonchev–Trinajstić information content (AvgIpc) is 2.27. The number of hydrogen-bond acceptors (Lipinski definition) is 6. The van der Waals surface area contributed by atoms with Crippen molar-refractivity contribution < 1.29 is 23.6 Å². The first-order valence-electron chi connectivity index (χ1n) is 5.67. The van der Waals surface area contributed by atoms with Gasteiger partial charge in [-0.2, -0.15) is 0 Å². The maximum Gasteiger partial charge on any atom is 0.312 e. The number of phenolic OH excluding ortho intramolecular Hbond substituents is 1. The van der Waals surface area contributed by atoms with E-state index in [1.165, 1.54) is 20.8 Å². The van der Waals surface area contributed by atoms with Gasteiger partial charge in [0.2, 0.25) is 10.0 Å². The van der Waals surface area contributed by atoms with Gasteiger partial charge < -0.3 is 10.2 Å². The summed E-state index contributed by atoms with van der Waals surface area (Å²) in [5.41, 5.74) is -1.85. The lowest BCUT2D eigenvalue weighted by Gasteiger charge is -2.28. The van der Waals surface area contributed by atoms with Gasteiger partial charge in [0, 0.05) is 6.07 Å². The monoisotopic (exact) mass is 304 g/mol. The number of nitro benzene ring substituents is 1. The predicted octanol–water partition coefficient (Wildman–Crippen LogP) is 0.738. The molecule has 3 N–H and O–H groups in total. The third-order valence-corrected chi connectivity index (χ3v) is 4.57. The number of rotatable bonds is 5. The zero-order valence-corrected chi connectivity index (χ0v) is 12.0. The molecule has 112 valence electrons. The van der Waals surface area contributed by atoms with Gasteiger partial charge in [-0.25, -0.2) is 13.1 Å². The second-order valence-corrected chi connectivity index (χ2v) is 6.59. The van der Waals surface area contributed by atoms with Gasteiger partial charge in [0.05, 0.1) is 21.5 Å². The molecule has 9 heteroatoms. The van der Waals surface area contributed by atoms with Crippen molar-refractivity contribution in [3.8, 4) is 5.75 Å². The molecule has 1 aromatic rings. The van der Waals surface area contributed by atoms with Crippen LogP contribution in [0.25, 0.3) is 0 Å². The Morgan fingerprint density at radius 3 is 2.40 bits per heavy atom. The summed E-state index contributed by atoms with van der Waals surface area (Å²) in [5, 5.41) is 29.5. The molecule has 0 bridgehead atoms. The number of phenols is 1. The van der Waals surface area contributed by atoms with Crippen molar-refractivity contribution in [2.75, 3.05) is 0 Å². The first-order chi connectivity index (χ1) is 8.97. The van der Waals surface area contributed by atoms with Gasteiger partial charge in [0.1, 0.15) is 0 Å². The third-order valence-electron chi connectivity index (χ3n) is 2.90. The van der Waals surface area contributed by atoms with Crippen LogP contribution in [0.5, 0.6) is 5.75 Å². The van der Waals surface area contributed by atoms with E-state index in [9.17, 15) is 28.7 Å². The largest absolute Gasteiger partial charge is 0.502 e. The van der Waals surface area contributed by atoms with E-state index in [-0.39, 0.29) is 4.90 Å². The van der Waals surface area contributed by atoms with Crippen molar-refractivity contribution in [3.63, 3.8) is 0 Å². The number of nitro groups is 1. The first kappa shape index (κ1) is 16.3. The zero-order chi connectivity index (χ0) is 15.7. The van der Waals surface area contributed by atoms with Crippen molar-refractivity contribution in [3.05, 3.63) is 28.3 Å². The Balaban J connectivity index is 3.24. The zero-order valence-electron chi connectivity index (χ0n) is 11.2. The van der Waals surface area contributed by atoms with Crippen LogP contribution < -0.4 is 4.72 Å². The molecule has 0 heterocycles. The van der Waals surface area contributed by atoms with Crippen molar-refractivity contribution in [2.45, 2.75) is 37.3 Å². The fourth-order valence-electron chi connectivity index (χ4n) is 1.31. The summed E-state index contributed by atoms with van der Waals surface area (Å²) >= 11 is 0. The average molecular weight is 304 g/mol. The van der Waals surface area contributed by atoms with Gasteiger partial charge >= 0.3 is 5.69 Å². The van der Waals surface area contributed by atoms with Crippen LogP contribution >= 0.6 is 0 Å². The summed E-state index contributed by atoms with van der Waals surface area (Å²) in [6.07, 6.45) is -0.968. The smallest absolute Gasteiger partial charge is 0.312 e. The molecular weight excluding hydrogens is 288 g/mol. The van der Waals surface area contributed by atoms with Crippen molar-refractivity contribution in [1.29, 1.82) is 0 Å². The molecule has 0 aliphatic heterocycles. The first-order valence-corrected chi connectivity index (χ1v) is 7.15. The highest BCUT2D eigenvalue weighted by Gasteiger charge is 2.31. The summed E-state index contributed by atoms with van der Waals surface area (Å²) in [7, 11) is -4.06. The minimum Gasteiger partial charge on any atom is -0.502 e. The van der Waals surface area contributed by atoms with Crippen LogP contribution in [-0.4, -0.2) is 35.2 Å². The topological polar surface area (TPSA) is 130 Å². The molecule has 0 saturated carbocycles. The molecule has 20 heavy (non-hydrogen) atoms. The molecule has 0 spiro atoms. The molecule has 0 amide bonds. The number of hydrogen-bond donors (Lipinski definition) is 3. The number of nitrogens with one attached hydrogen (secondary N) is 1. The summed E-state index contributed by atoms with van der Waals surface area (Å²) in [6.45, 7) is 4.37. The number of aliphatic hydroxyl groups excluding tert-OH is 1. The molecule has 0 aromatic heterocycles. The number of benzene rings is 1. The van der Waals surface area contributed by atoms with Gasteiger partial charge in [-0.15, -0.1) is 0 Å². The molecule has 1 aromatic carbocycles. The molecule has 0 fully saturated rings. The third kappa shape index (κ3) is 3.44. The van der Waals surface area contributed by atoms with E-state index in [0.29, 0.717) is 0 Å². The molecule has 0 saturated heterocycles. The maximum atomic E-state index is 12.1. The lowest BCUT2D eigenvalue weighted by molar-refractivity contribution is -0.386. The Kier molecular flexibility index (Phi) is 4.37. The number of nitrogens with zero attached hydrogens (tertiary/aromatic N) is 1. The molecule has 0 radical (unpaired) electrons. The number of sulfonamides is 1. The van der Waals surface area contributed by atoms with Crippen LogP contribution in [-0.2, 0) is 10.0 Å². The number of aliphatic hydroxyl groups is 1. The van der Waals surface area contributed by atoms with Crippen LogP contribution in [0.3, 0.4) is 0 Å². The Morgan fingerprint density at radius 2 is 1.95 bits per heavy atom. The van der Waals surface area contributed by atoms with Gasteiger partial charge in [-0.3, -0.25) is 10.1 Å². The summed E-state index contributed by atoms with van der Waals surface area (Å²) in [6, 6.07) is 2.74. The van der Waals surface area contributed by atoms with Crippen LogP contribution in [0, 0.1) is 10.1 Å². The SMILES string of the molecule is CC(O)C(C)(C)NS(=O)(=O)c1ccc(O)c([N+](=O)[O-])c1. The number of aromatic hydroxyl groups is 1. The second-order valence-electron chi connectivity index (χ2n) is 4.91. The lowest BCUT2D eigenvalue weighted by Crippen LogP contribution is -2.50. The van der Waals surface area contributed by atoms with E-state index in [2.05, 4.69) is 4.72 Å². The minimum atomic E-state index is -4.06. The standard InChI is InChI=1S/C11H16N2O6S/c1-7(14)11(2,3)12-20(18,19)8-4-5-10(15)9(6-8)13(16)17/h4-7,12,14-15H,1-3H3. The molecule has 8 nitrogen and oxygen atoms in total.